The summed E-state index contributed by atoms with van der Waals surface area (Å²) in [4.78, 5) is 16.2. The van der Waals surface area contributed by atoms with Crippen LogP contribution in [0.3, 0.4) is 0 Å². The fraction of sp³-hybridized carbons (Fsp3) is 0.412. The zero-order valence-electron chi connectivity index (χ0n) is 26.5. The number of nitrogens with zero attached hydrogens (tertiary/aromatic N) is 2. The van der Waals surface area contributed by atoms with Gasteiger partial charge >= 0.3 is 12.1 Å². The summed E-state index contributed by atoms with van der Waals surface area (Å²) in [6.07, 6.45) is 2.26. The van der Waals surface area contributed by atoms with Gasteiger partial charge in [-0.3, -0.25) is 4.79 Å². The molecule has 0 saturated carbocycles. The Morgan fingerprint density at radius 2 is 1.83 bits per heavy atom. The minimum atomic E-state index is -4.75. The van der Waals surface area contributed by atoms with Crippen LogP contribution >= 0.6 is 23.4 Å². The van der Waals surface area contributed by atoms with Gasteiger partial charge in [0, 0.05) is 29.1 Å². The summed E-state index contributed by atoms with van der Waals surface area (Å²) in [7, 11) is 2.98. The Kier molecular flexibility index (Phi) is 13.5. The van der Waals surface area contributed by atoms with Crippen molar-refractivity contribution in [1.82, 2.24) is 4.98 Å². The normalized spacial score (nSPS) is 16.2. The molecule has 2 heterocycles. The molecular weight excluding hydrogens is 641 g/mol. The molecule has 1 aliphatic heterocycles. The molecule has 2 unspecified atom stereocenters. The van der Waals surface area contributed by atoms with E-state index in [0.29, 0.717) is 33.4 Å². The number of allylic oxidation sites excluding steroid dienone is 1. The van der Waals surface area contributed by atoms with Gasteiger partial charge in [0.25, 0.3) is 0 Å². The zero-order chi connectivity index (χ0) is 34.0. The molecule has 1 aliphatic rings. The Labute approximate surface area is 277 Å². The number of oxazole rings is 1. The lowest BCUT2D eigenvalue weighted by atomic mass is 9.99. The van der Waals surface area contributed by atoms with Crippen molar-refractivity contribution < 1.29 is 37.0 Å². The minimum Gasteiger partial charge on any atom is -0.493 e. The van der Waals surface area contributed by atoms with E-state index >= 15 is 0 Å². The zero-order valence-corrected chi connectivity index (χ0v) is 28.0. The quantitative estimate of drug-likeness (QED) is 0.189. The lowest BCUT2D eigenvalue weighted by Gasteiger charge is -2.31. The molecule has 2 atom stereocenters. The highest BCUT2D eigenvalue weighted by Crippen LogP contribution is 2.54. The van der Waals surface area contributed by atoms with E-state index < -0.39 is 28.3 Å². The predicted molar refractivity (Wildman–Crippen MR) is 177 cm³/mol. The van der Waals surface area contributed by atoms with Crippen molar-refractivity contribution in [2.75, 3.05) is 19.1 Å². The Morgan fingerprint density at radius 3 is 2.41 bits per heavy atom. The van der Waals surface area contributed by atoms with E-state index in [0.717, 1.165) is 4.90 Å². The van der Waals surface area contributed by atoms with Crippen LogP contribution in [0.25, 0.3) is 0 Å². The van der Waals surface area contributed by atoms with Crippen LogP contribution in [0, 0.1) is 0 Å². The molecule has 250 valence electrons. The Bertz CT molecular complexity index is 1510. The minimum absolute atomic E-state index is 0.0721. The number of anilines is 1. The van der Waals surface area contributed by atoms with E-state index in [-0.39, 0.29) is 36.5 Å². The van der Waals surface area contributed by atoms with E-state index in [9.17, 15) is 18.0 Å². The summed E-state index contributed by atoms with van der Waals surface area (Å²) in [6.45, 7) is 11.9. The molecule has 0 radical (unpaired) electrons. The van der Waals surface area contributed by atoms with Gasteiger partial charge in [0.05, 0.1) is 43.0 Å². The van der Waals surface area contributed by atoms with Crippen molar-refractivity contribution in [2.24, 2.45) is 0 Å². The molecule has 7 nitrogen and oxygen atoms in total. The molecule has 0 aliphatic carbocycles. The number of aromatic nitrogens is 1. The molecule has 46 heavy (non-hydrogen) atoms. The van der Waals surface area contributed by atoms with Gasteiger partial charge in [0.2, 0.25) is 0 Å². The highest BCUT2D eigenvalue weighted by Gasteiger charge is 2.43. The molecule has 0 fully saturated rings. The fourth-order valence-corrected chi connectivity index (χ4v) is 6.65. The number of para-hydroxylation sites is 1. The average Bonchev–Trinajstić information content (AvgIpc) is 3.44. The maximum atomic E-state index is 14.1. The lowest BCUT2D eigenvalue weighted by Crippen LogP contribution is -2.34. The summed E-state index contributed by atoms with van der Waals surface area (Å²) >= 11 is 7.70. The number of ether oxygens (including phenoxy) is 2. The number of thioether (sulfide) groups is 1. The number of carboxylic acid groups (broad SMARTS) is 1. The van der Waals surface area contributed by atoms with Crippen molar-refractivity contribution in [3.05, 3.63) is 94.9 Å². The van der Waals surface area contributed by atoms with Crippen molar-refractivity contribution in [1.29, 1.82) is 0 Å². The first-order chi connectivity index (χ1) is 21.9. The Hall–Kier alpha value is -3.57. The van der Waals surface area contributed by atoms with Crippen LogP contribution < -0.4 is 14.4 Å². The highest BCUT2D eigenvalue weighted by atomic mass is 35.5. The van der Waals surface area contributed by atoms with Crippen molar-refractivity contribution >= 4 is 35.0 Å². The van der Waals surface area contributed by atoms with Crippen molar-refractivity contribution in [2.45, 2.75) is 75.5 Å². The van der Waals surface area contributed by atoms with Crippen molar-refractivity contribution in [3.63, 3.8) is 0 Å². The topological polar surface area (TPSA) is 85.0 Å². The van der Waals surface area contributed by atoms with E-state index in [1.54, 1.807) is 18.2 Å². The Morgan fingerprint density at radius 1 is 1.13 bits per heavy atom. The monoisotopic (exact) mass is 680 g/mol. The number of alkyl halides is 3. The first-order valence-corrected chi connectivity index (χ1v) is 16.2. The first kappa shape index (κ1) is 36.9. The molecule has 0 saturated heterocycles. The highest BCUT2D eigenvalue weighted by molar-refractivity contribution is 8.00. The Balaban J connectivity index is 0.000000875. The van der Waals surface area contributed by atoms with Crippen LogP contribution in [0.5, 0.6) is 11.5 Å². The van der Waals surface area contributed by atoms with Crippen LogP contribution in [0.1, 0.15) is 74.0 Å². The molecular formula is C34H40ClF3N2O5S. The number of unbranched alkanes of at least 4 members (excludes halogenated alkanes) is 3. The number of methoxy groups -OCH3 is 2. The van der Waals surface area contributed by atoms with E-state index in [1.165, 1.54) is 70.0 Å². The number of aliphatic carboxylic acids is 1. The van der Waals surface area contributed by atoms with Gasteiger partial charge in [-0.25, -0.2) is 4.98 Å². The van der Waals surface area contributed by atoms with Crippen LogP contribution in [0.4, 0.5) is 18.9 Å². The number of fused-ring (bicyclic) bond motifs is 1. The van der Waals surface area contributed by atoms with Crippen molar-refractivity contribution in [3.8, 4) is 11.5 Å². The van der Waals surface area contributed by atoms with Crippen LogP contribution in [-0.4, -0.2) is 41.7 Å². The van der Waals surface area contributed by atoms with Crippen LogP contribution in [0.15, 0.2) is 71.6 Å². The average molecular weight is 681 g/mol. The molecule has 0 amide bonds. The molecule has 1 aromatic heterocycles. The van der Waals surface area contributed by atoms with Gasteiger partial charge in [-0.1, -0.05) is 76.4 Å². The molecule has 3 aromatic rings. The van der Waals surface area contributed by atoms with Gasteiger partial charge in [0.1, 0.15) is 11.5 Å². The SMILES string of the molecule is C=C1C(Cc2ncc(CCC(=O)O)o2)SC(c2cccc(OC)c2OC)c2cc(Cl)ccc2N1C(=C)C(F)(F)F.CCCCCC. The predicted octanol–water partition coefficient (Wildman–Crippen LogP) is 9.79. The number of benzene rings is 2. The summed E-state index contributed by atoms with van der Waals surface area (Å²) in [5, 5.41) is 8.04. The third-order valence-electron chi connectivity index (χ3n) is 7.29. The third-order valence-corrected chi connectivity index (χ3v) is 9.07. The molecule has 2 aromatic carbocycles. The number of halogens is 4. The number of hydrogen-bond donors (Lipinski definition) is 1. The molecule has 12 heteroatoms. The number of hydrogen-bond acceptors (Lipinski definition) is 7. The van der Waals surface area contributed by atoms with Gasteiger partial charge < -0.3 is 23.9 Å². The number of carboxylic acids is 1. The second kappa shape index (κ2) is 16.8. The maximum Gasteiger partial charge on any atom is 0.431 e. The van der Waals surface area contributed by atoms with E-state index in [4.69, 9.17) is 30.6 Å². The number of aryl methyl sites for hydroxylation is 1. The first-order valence-electron chi connectivity index (χ1n) is 14.9. The lowest BCUT2D eigenvalue weighted by molar-refractivity contribution is -0.137. The van der Waals surface area contributed by atoms with Gasteiger partial charge in [0.15, 0.2) is 17.4 Å². The van der Waals surface area contributed by atoms with Gasteiger partial charge in [-0.15, -0.1) is 11.8 Å². The molecule has 0 bridgehead atoms. The van der Waals surface area contributed by atoms with E-state index in [1.807, 2.05) is 6.07 Å². The summed E-state index contributed by atoms with van der Waals surface area (Å²) in [6, 6.07) is 9.95. The van der Waals surface area contributed by atoms with Crippen LogP contribution in [0.2, 0.25) is 5.02 Å². The standard InChI is InChI=1S/C28H26ClF3N2O5S.C6H14/c1-15-23(13-24-33-14-18(39-24)9-11-25(35)36)40-27(19-6-5-7-22(37-3)26(19)38-4)20-12-17(29)8-10-21(20)34(15)16(2)28(30,31)32;1-3-5-6-4-2/h5-8,10,12,14,23,27H,1-2,9,11,13H2,3-4H3,(H,35,36);3-6H2,1-2H3. The van der Waals surface area contributed by atoms with Crippen LogP contribution in [-0.2, 0) is 17.6 Å². The second-order valence-electron chi connectivity index (χ2n) is 10.6. The molecule has 4 rings (SSSR count). The number of rotatable bonds is 12. The fourth-order valence-electron chi connectivity index (χ4n) is 4.97. The van der Waals surface area contributed by atoms with Gasteiger partial charge in [-0.2, -0.15) is 13.2 Å². The summed E-state index contributed by atoms with van der Waals surface area (Å²) < 4.78 is 59.3. The largest absolute Gasteiger partial charge is 0.493 e. The molecule has 1 N–H and O–H groups in total. The third kappa shape index (κ3) is 9.25. The molecule has 0 spiro atoms. The smallest absolute Gasteiger partial charge is 0.431 e. The second-order valence-corrected chi connectivity index (χ2v) is 12.3. The number of carbonyl (C=O) groups is 1. The maximum absolute atomic E-state index is 14.1. The summed E-state index contributed by atoms with van der Waals surface area (Å²) in [5.41, 5.74) is 0.371. The summed E-state index contributed by atoms with van der Waals surface area (Å²) in [5.74, 6) is 0.485. The van der Waals surface area contributed by atoms with E-state index in [2.05, 4.69) is 32.0 Å². The van der Waals surface area contributed by atoms with Gasteiger partial charge in [-0.05, 0) is 29.8 Å².